The summed E-state index contributed by atoms with van der Waals surface area (Å²) in [5.41, 5.74) is 5.31. The van der Waals surface area contributed by atoms with Gasteiger partial charge < -0.3 is 10.8 Å². The largest absolute Gasteiger partial charge is 0.394 e. The fourth-order valence-electron chi connectivity index (χ4n) is 0.798. The molecule has 0 bridgehead atoms. The molecule has 0 fully saturated rings. The molecule has 0 spiro atoms. The fraction of sp³-hybridized carbons (Fsp3) is 0.286. The number of nitrogens with zero attached hydrogens (tertiary/aromatic N) is 1. The zero-order valence-electron chi connectivity index (χ0n) is 6.17. The molecule has 0 radical (unpaired) electrons. The van der Waals surface area contributed by atoms with Crippen LogP contribution in [0.5, 0.6) is 0 Å². The van der Waals surface area contributed by atoms with E-state index in [0.29, 0.717) is 0 Å². The average Bonchev–Trinajstić information content (AvgIpc) is 2.03. The van der Waals surface area contributed by atoms with Crippen molar-refractivity contribution < 1.29 is 13.9 Å². The van der Waals surface area contributed by atoms with Crippen LogP contribution in [0.1, 0.15) is 11.6 Å². The first-order valence-electron chi connectivity index (χ1n) is 3.33. The lowest BCUT2D eigenvalue weighted by Gasteiger charge is -2.07. The number of aromatic nitrogens is 1. The van der Waals surface area contributed by atoms with Gasteiger partial charge in [-0.1, -0.05) is 0 Å². The third kappa shape index (κ3) is 1.75. The van der Waals surface area contributed by atoms with Gasteiger partial charge >= 0.3 is 0 Å². The predicted molar refractivity (Wildman–Crippen MR) is 38.2 cm³/mol. The predicted octanol–water partition coefficient (Wildman–Crippen LogP) is 0.352. The standard InChI is InChI=1S/C7H8F2N2O/c8-6-2-1-4(5(10)3-12)7(9)11-6/h1-2,5,12H,3,10H2/t5-/m1/s1. The van der Waals surface area contributed by atoms with Crippen LogP contribution in [0.3, 0.4) is 0 Å². The van der Waals surface area contributed by atoms with E-state index in [-0.39, 0.29) is 5.56 Å². The van der Waals surface area contributed by atoms with Crippen molar-refractivity contribution in [3.8, 4) is 0 Å². The lowest BCUT2D eigenvalue weighted by atomic mass is 10.1. The maximum Gasteiger partial charge on any atom is 0.220 e. The molecule has 1 rings (SSSR count). The van der Waals surface area contributed by atoms with E-state index in [1.54, 1.807) is 0 Å². The van der Waals surface area contributed by atoms with Crippen molar-refractivity contribution in [2.45, 2.75) is 6.04 Å². The number of aliphatic hydroxyl groups is 1. The highest BCUT2D eigenvalue weighted by Gasteiger charge is 2.11. The topological polar surface area (TPSA) is 59.1 Å². The van der Waals surface area contributed by atoms with E-state index in [2.05, 4.69) is 4.98 Å². The second kappa shape index (κ2) is 3.55. The number of rotatable bonds is 2. The Hall–Kier alpha value is -1.07. The number of hydrogen-bond donors (Lipinski definition) is 2. The van der Waals surface area contributed by atoms with E-state index in [0.717, 1.165) is 6.07 Å². The van der Waals surface area contributed by atoms with Gasteiger partial charge in [0.25, 0.3) is 0 Å². The van der Waals surface area contributed by atoms with Crippen LogP contribution in [-0.2, 0) is 0 Å². The number of aliphatic hydroxyl groups excluding tert-OH is 1. The van der Waals surface area contributed by atoms with Crippen molar-refractivity contribution >= 4 is 0 Å². The molecule has 0 aliphatic carbocycles. The van der Waals surface area contributed by atoms with E-state index in [4.69, 9.17) is 10.8 Å². The molecule has 0 saturated carbocycles. The van der Waals surface area contributed by atoms with Gasteiger partial charge in [-0.05, 0) is 12.1 Å². The first kappa shape index (κ1) is 9.02. The van der Waals surface area contributed by atoms with Gasteiger partial charge in [0.1, 0.15) is 0 Å². The van der Waals surface area contributed by atoms with Crippen LogP contribution in [0.4, 0.5) is 8.78 Å². The van der Waals surface area contributed by atoms with Crippen molar-refractivity contribution in [1.82, 2.24) is 4.98 Å². The summed E-state index contributed by atoms with van der Waals surface area (Å²) in [4.78, 5) is 2.92. The maximum atomic E-state index is 12.7. The van der Waals surface area contributed by atoms with Crippen molar-refractivity contribution in [3.05, 3.63) is 29.6 Å². The van der Waals surface area contributed by atoms with Crippen molar-refractivity contribution in [2.24, 2.45) is 5.73 Å². The summed E-state index contributed by atoms with van der Waals surface area (Å²) in [5.74, 6) is -1.88. The zero-order valence-corrected chi connectivity index (χ0v) is 6.17. The van der Waals surface area contributed by atoms with Gasteiger partial charge in [0, 0.05) is 5.56 Å². The minimum Gasteiger partial charge on any atom is -0.394 e. The summed E-state index contributed by atoms with van der Waals surface area (Å²) >= 11 is 0. The number of pyridine rings is 1. The molecule has 5 heteroatoms. The van der Waals surface area contributed by atoms with Gasteiger partial charge in [0.15, 0.2) is 0 Å². The molecular weight excluding hydrogens is 166 g/mol. The van der Waals surface area contributed by atoms with E-state index < -0.39 is 24.5 Å². The Morgan fingerprint density at radius 1 is 1.50 bits per heavy atom. The Bertz CT molecular complexity index is 280. The van der Waals surface area contributed by atoms with Crippen LogP contribution in [0.25, 0.3) is 0 Å². The van der Waals surface area contributed by atoms with Gasteiger partial charge in [0.05, 0.1) is 12.6 Å². The molecule has 0 aliphatic rings. The van der Waals surface area contributed by atoms with E-state index in [1.807, 2.05) is 0 Å². The SMILES string of the molecule is N[C@H](CO)c1ccc(F)nc1F. The van der Waals surface area contributed by atoms with Gasteiger partial charge in [-0.25, -0.2) is 0 Å². The van der Waals surface area contributed by atoms with Crippen LogP contribution in [0.2, 0.25) is 0 Å². The Morgan fingerprint density at radius 2 is 2.17 bits per heavy atom. The summed E-state index contributed by atoms with van der Waals surface area (Å²) in [7, 11) is 0. The lowest BCUT2D eigenvalue weighted by Crippen LogP contribution is -2.16. The van der Waals surface area contributed by atoms with Crippen LogP contribution < -0.4 is 5.73 Å². The summed E-state index contributed by atoms with van der Waals surface area (Å²) in [6.07, 6.45) is 0. The average molecular weight is 174 g/mol. The highest BCUT2D eigenvalue weighted by molar-refractivity contribution is 5.15. The molecular formula is C7H8F2N2O. The van der Waals surface area contributed by atoms with Crippen molar-refractivity contribution in [3.63, 3.8) is 0 Å². The third-order valence-electron chi connectivity index (χ3n) is 1.44. The van der Waals surface area contributed by atoms with E-state index >= 15 is 0 Å². The monoisotopic (exact) mass is 174 g/mol. The Labute approximate surface area is 67.8 Å². The molecule has 0 saturated heterocycles. The first-order valence-corrected chi connectivity index (χ1v) is 3.33. The van der Waals surface area contributed by atoms with Crippen LogP contribution in [0.15, 0.2) is 12.1 Å². The Balaban J connectivity index is 3.01. The van der Waals surface area contributed by atoms with Crippen LogP contribution >= 0.6 is 0 Å². The normalized spacial score (nSPS) is 13.0. The fourth-order valence-corrected chi connectivity index (χ4v) is 0.798. The van der Waals surface area contributed by atoms with Crippen LogP contribution in [0, 0.1) is 11.9 Å². The molecule has 1 heterocycles. The minimum atomic E-state index is -0.975. The number of halogens is 2. The maximum absolute atomic E-state index is 12.7. The quantitative estimate of drug-likeness (QED) is 0.636. The van der Waals surface area contributed by atoms with Gasteiger partial charge in [0.2, 0.25) is 11.9 Å². The second-order valence-corrected chi connectivity index (χ2v) is 2.30. The molecule has 1 aromatic rings. The van der Waals surface area contributed by atoms with Crippen molar-refractivity contribution in [2.75, 3.05) is 6.61 Å². The molecule has 1 atom stereocenters. The number of hydrogen-bond acceptors (Lipinski definition) is 3. The summed E-state index contributed by atoms with van der Waals surface area (Å²) in [5, 5.41) is 8.57. The molecule has 1 aromatic heterocycles. The molecule has 12 heavy (non-hydrogen) atoms. The summed E-state index contributed by atoms with van der Waals surface area (Å²) in [6.45, 7) is -0.399. The van der Waals surface area contributed by atoms with Crippen molar-refractivity contribution in [1.29, 1.82) is 0 Å². The van der Waals surface area contributed by atoms with Gasteiger partial charge in [-0.3, -0.25) is 0 Å². The highest BCUT2D eigenvalue weighted by Crippen LogP contribution is 2.12. The second-order valence-electron chi connectivity index (χ2n) is 2.30. The van der Waals surface area contributed by atoms with E-state index in [9.17, 15) is 8.78 Å². The Kier molecular flexibility index (Phi) is 2.67. The third-order valence-corrected chi connectivity index (χ3v) is 1.44. The molecule has 0 aromatic carbocycles. The lowest BCUT2D eigenvalue weighted by molar-refractivity contribution is 0.264. The van der Waals surface area contributed by atoms with Crippen LogP contribution in [-0.4, -0.2) is 16.7 Å². The number of nitrogens with two attached hydrogens (primary N) is 1. The highest BCUT2D eigenvalue weighted by atomic mass is 19.1. The zero-order chi connectivity index (χ0) is 9.14. The molecule has 3 N–H and O–H groups in total. The smallest absolute Gasteiger partial charge is 0.220 e. The molecule has 0 amide bonds. The molecule has 3 nitrogen and oxygen atoms in total. The van der Waals surface area contributed by atoms with Gasteiger partial charge in [-0.2, -0.15) is 13.8 Å². The summed E-state index contributed by atoms with van der Waals surface area (Å²) in [6, 6.07) is 1.31. The Morgan fingerprint density at radius 3 is 2.67 bits per heavy atom. The molecule has 0 unspecified atom stereocenters. The van der Waals surface area contributed by atoms with Gasteiger partial charge in [-0.15, -0.1) is 0 Å². The first-order chi connectivity index (χ1) is 5.65. The molecule has 66 valence electrons. The van der Waals surface area contributed by atoms with E-state index in [1.165, 1.54) is 6.07 Å². The summed E-state index contributed by atoms with van der Waals surface area (Å²) < 4.78 is 25.0. The minimum absolute atomic E-state index is 0.0129. The molecule has 0 aliphatic heterocycles.